The molecule has 45 heavy (non-hydrogen) atoms. The van der Waals surface area contributed by atoms with E-state index in [1.165, 1.54) is 0 Å². The van der Waals surface area contributed by atoms with Crippen LogP contribution < -0.4 is 16.0 Å². The van der Waals surface area contributed by atoms with Gasteiger partial charge in [-0.25, -0.2) is 4.79 Å². The molecule has 3 aromatic rings. The summed E-state index contributed by atoms with van der Waals surface area (Å²) in [6.07, 6.45) is 0.771. The zero-order valence-corrected chi connectivity index (χ0v) is 26.0. The molecule has 1 unspecified atom stereocenters. The maximum atomic E-state index is 14.7. The number of aliphatic hydroxyl groups excluding tert-OH is 1. The molecule has 6 atom stereocenters. The summed E-state index contributed by atoms with van der Waals surface area (Å²) in [5, 5.41) is 21.3. The third-order valence-electron chi connectivity index (χ3n) is 9.08. The maximum absolute atomic E-state index is 14.7. The number of amides is 2. The van der Waals surface area contributed by atoms with Gasteiger partial charge in [0.25, 0.3) is 0 Å². The van der Waals surface area contributed by atoms with Crippen molar-refractivity contribution in [2.24, 2.45) is 5.41 Å². The van der Waals surface area contributed by atoms with E-state index in [1.54, 1.807) is 6.20 Å². The summed E-state index contributed by atoms with van der Waals surface area (Å²) in [4.78, 5) is 40.2. The van der Waals surface area contributed by atoms with Gasteiger partial charge in [0.2, 0.25) is 5.91 Å². The van der Waals surface area contributed by atoms with E-state index in [0.29, 0.717) is 24.8 Å². The summed E-state index contributed by atoms with van der Waals surface area (Å²) < 4.78 is 5.73. The third kappa shape index (κ3) is 6.38. The van der Waals surface area contributed by atoms with Gasteiger partial charge < -0.3 is 25.8 Å². The SMILES string of the molecule is CC(C)(C)CC(=O)N[C@@H](Cc1ccccc1)[C@@H](O)C[C@]1(Cc2ccccc2)NC=C(C2c3ccccc3[C@H]3NC(=O)O[C@@H]23)C1=O. The summed E-state index contributed by atoms with van der Waals surface area (Å²) in [7, 11) is 0. The summed E-state index contributed by atoms with van der Waals surface area (Å²) in [6, 6.07) is 26.3. The van der Waals surface area contributed by atoms with Gasteiger partial charge in [0, 0.05) is 31.0 Å². The minimum absolute atomic E-state index is 0.0640. The Morgan fingerprint density at radius 1 is 0.933 bits per heavy atom. The maximum Gasteiger partial charge on any atom is 0.408 e. The summed E-state index contributed by atoms with van der Waals surface area (Å²) >= 11 is 0. The van der Waals surface area contributed by atoms with E-state index in [1.807, 2.05) is 106 Å². The molecule has 1 saturated heterocycles. The molecule has 0 spiro atoms. The van der Waals surface area contributed by atoms with E-state index < -0.39 is 35.8 Å². The number of fused-ring (bicyclic) bond motifs is 3. The van der Waals surface area contributed by atoms with Crippen LogP contribution in [0.4, 0.5) is 4.79 Å². The molecule has 4 N–H and O–H groups in total. The van der Waals surface area contributed by atoms with Crippen LogP contribution in [0.15, 0.2) is 96.7 Å². The Hall–Kier alpha value is -4.43. The first kappa shape index (κ1) is 30.6. The molecule has 2 heterocycles. The van der Waals surface area contributed by atoms with Crippen molar-refractivity contribution >= 4 is 17.8 Å². The van der Waals surface area contributed by atoms with E-state index in [4.69, 9.17) is 4.74 Å². The minimum Gasteiger partial charge on any atom is -0.443 e. The molecule has 8 nitrogen and oxygen atoms in total. The largest absolute Gasteiger partial charge is 0.443 e. The van der Waals surface area contributed by atoms with Gasteiger partial charge in [-0.1, -0.05) is 106 Å². The molecule has 0 radical (unpaired) electrons. The summed E-state index contributed by atoms with van der Waals surface area (Å²) in [5.41, 5.74) is 2.92. The molecule has 0 aromatic heterocycles. The van der Waals surface area contributed by atoms with Gasteiger partial charge in [-0.05, 0) is 34.1 Å². The molecule has 8 heteroatoms. The van der Waals surface area contributed by atoms with E-state index in [2.05, 4.69) is 16.0 Å². The number of ether oxygens (including phenoxy) is 1. The van der Waals surface area contributed by atoms with Crippen molar-refractivity contribution in [1.82, 2.24) is 16.0 Å². The highest BCUT2D eigenvalue weighted by Gasteiger charge is 2.55. The number of hydrogen-bond acceptors (Lipinski definition) is 6. The van der Waals surface area contributed by atoms with Crippen LogP contribution in [0.5, 0.6) is 0 Å². The van der Waals surface area contributed by atoms with Gasteiger partial charge in [-0.3, -0.25) is 9.59 Å². The van der Waals surface area contributed by atoms with Crippen molar-refractivity contribution in [3.05, 3.63) is 119 Å². The first-order valence-corrected chi connectivity index (χ1v) is 15.7. The number of nitrogens with one attached hydrogen (secondary N) is 3. The van der Waals surface area contributed by atoms with Crippen LogP contribution in [0, 0.1) is 5.41 Å². The Bertz CT molecular complexity index is 1600. The fraction of sp³-hybridized carbons (Fsp3) is 0.378. The Morgan fingerprint density at radius 3 is 2.22 bits per heavy atom. The number of alkyl carbamates (subject to hydrolysis) is 1. The lowest BCUT2D eigenvalue weighted by Crippen LogP contribution is -2.55. The lowest BCUT2D eigenvalue weighted by atomic mass is 9.76. The van der Waals surface area contributed by atoms with Crippen molar-refractivity contribution in [2.75, 3.05) is 0 Å². The number of carbonyl (C=O) groups excluding carboxylic acids is 3. The van der Waals surface area contributed by atoms with Gasteiger partial charge in [0.15, 0.2) is 5.78 Å². The van der Waals surface area contributed by atoms with E-state index in [-0.39, 0.29) is 29.6 Å². The Balaban J connectivity index is 1.32. The van der Waals surface area contributed by atoms with E-state index in [0.717, 1.165) is 22.3 Å². The number of ketones is 1. The predicted octanol–water partition coefficient (Wildman–Crippen LogP) is 4.89. The molecule has 2 aliphatic heterocycles. The average Bonchev–Trinajstić information content (AvgIpc) is 3.62. The Labute approximate surface area is 264 Å². The van der Waals surface area contributed by atoms with Gasteiger partial charge in [-0.15, -0.1) is 0 Å². The van der Waals surface area contributed by atoms with Crippen LogP contribution in [0.2, 0.25) is 0 Å². The minimum atomic E-state index is -1.18. The van der Waals surface area contributed by atoms with Gasteiger partial charge in [-0.2, -0.15) is 0 Å². The third-order valence-corrected chi connectivity index (χ3v) is 9.08. The smallest absolute Gasteiger partial charge is 0.408 e. The number of Topliss-reactive ketones (excluding diaryl/α,β-unsaturated/α-hetero) is 1. The first-order valence-electron chi connectivity index (χ1n) is 15.7. The number of carbonyl (C=O) groups is 3. The highest BCUT2D eigenvalue weighted by atomic mass is 16.6. The molecule has 6 rings (SSSR count). The predicted molar refractivity (Wildman–Crippen MR) is 171 cm³/mol. The normalized spacial score (nSPS) is 24.9. The van der Waals surface area contributed by atoms with Crippen LogP contribution in [0.3, 0.4) is 0 Å². The van der Waals surface area contributed by atoms with Crippen molar-refractivity contribution < 1.29 is 24.2 Å². The summed E-state index contributed by atoms with van der Waals surface area (Å²) in [6.45, 7) is 6.00. The standard InChI is InChI=1S/C37H41N3O5/c1-36(2,3)21-30(42)39-28(18-23-12-6-4-7-13-23)29(41)20-37(19-24-14-8-5-9-15-24)34(43)27(22-38-37)31-25-16-10-11-17-26(25)32-33(31)45-35(44)40-32/h4-17,22,28-29,31-33,38,41H,18-21H2,1-3H3,(H,39,42)(H,40,44)/t28-,29-,31?,32+,33-,37-/m0/s1. The van der Waals surface area contributed by atoms with Crippen molar-refractivity contribution in [3.8, 4) is 0 Å². The molecule has 3 aromatic carbocycles. The first-order chi connectivity index (χ1) is 21.5. The molecule has 1 aliphatic carbocycles. The van der Waals surface area contributed by atoms with Crippen LogP contribution in [-0.4, -0.2) is 46.7 Å². The van der Waals surface area contributed by atoms with Crippen LogP contribution >= 0.6 is 0 Å². The molecule has 2 amide bonds. The van der Waals surface area contributed by atoms with Crippen molar-refractivity contribution in [3.63, 3.8) is 0 Å². The second kappa shape index (κ2) is 12.2. The van der Waals surface area contributed by atoms with Crippen LogP contribution in [0.25, 0.3) is 0 Å². The zero-order valence-electron chi connectivity index (χ0n) is 26.0. The van der Waals surface area contributed by atoms with Crippen LogP contribution in [-0.2, 0) is 27.2 Å². The van der Waals surface area contributed by atoms with Crippen molar-refractivity contribution in [1.29, 1.82) is 0 Å². The average molecular weight is 608 g/mol. The zero-order chi connectivity index (χ0) is 31.8. The molecule has 0 bridgehead atoms. The number of aliphatic hydroxyl groups is 1. The number of rotatable bonds is 10. The number of benzene rings is 3. The number of hydrogen-bond donors (Lipinski definition) is 4. The highest BCUT2D eigenvalue weighted by Crippen LogP contribution is 2.50. The van der Waals surface area contributed by atoms with Crippen LogP contribution in [0.1, 0.15) is 67.8 Å². The molecule has 0 saturated carbocycles. The summed E-state index contributed by atoms with van der Waals surface area (Å²) in [5.74, 6) is -0.743. The van der Waals surface area contributed by atoms with Gasteiger partial charge in [0.05, 0.1) is 24.1 Å². The molecular weight excluding hydrogens is 566 g/mol. The second-order valence-corrected chi connectivity index (χ2v) is 13.8. The van der Waals surface area contributed by atoms with E-state index >= 15 is 0 Å². The molecule has 1 fully saturated rings. The van der Waals surface area contributed by atoms with Crippen molar-refractivity contribution in [2.45, 2.75) is 82.2 Å². The molecule has 234 valence electrons. The molecule has 3 aliphatic rings. The van der Waals surface area contributed by atoms with E-state index in [9.17, 15) is 19.5 Å². The fourth-order valence-corrected chi connectivity index (χ4v) is 7.09. The quantitative estimate of drug-likeness (QED) is 0.261. The second-order valence-electron chi connectivity index (χ2n) is 13.8. The van der Waals surface area contributed by atoms with Gasteiger partial charge >= 0.3 is 6.09 Å². The van der Waals surface area contributed by atoms with Gasteiger partial charge in [0.1, 0.15) is 11.6 Å². The lowest BCUT2D eigenvalue weighted by Gasteiger charge is -2.35. The monoisotopic (exact) mass is 607 g/mol. The Kier molecular flexibility index (Phi) is 8.27. The highest BCUT2D eigenvalue weighted by molar-refractivity contribution is 6.07. The topological polar surface area (TPSA) is 117 Å². The molecular formula is C37H41N3O5. The fourth-order valence-electron chi connectivity index (χ4n) is 7.09. The lowest BCUT2D eigenvalue weighted by molar-refractivity contribution is -0.124. The Morgan fingerprint density at radius 2 is 1.56 bits per heavy atom.